The number of esters is 1. The Kier molecular flexibility index (Phi) is 6.92. The van der Waals surface area contributed by atoms with Crippen LogP contribution in [0.3, 0.4) is 0 Å². The zero-order valence-electron chi connectivity index (χ0n) is 12.3. The molecule has 1 N–H and O–H groups in total. The molecule has 1 rings (SSSR count). The molecule has 0 aliphatic heterocycles. The van der Waals surface area contributed by atoms with Crippen molar-refractivity contribution in [1.82, 2.24) is 4.90 Å². The van der Waals surface area contributed by atoms with Crippen LogP contribution < -0.4 is 5.32 Å². The monoisotopic (exact) mass is 289 g/mol. The summed E-state index contributed by atoms with van der Waals surface area (Å²) in [6.07, 6.45) is 0.819. The number of carbonyl (C=O) groups excluding carboxylic acids is 2. The number of amides is 1. The predicted molar refractivity (Wildman–Crippen MR) is 78.5 cm³/mol. The summed E-state index contributed by atoms with van der Waals surface area (Å²) < 4.78 is 4.61. The molecule has 21 heavy (non-hydrogen) atoms. The molecule has 0 fully saturated rings. The van der Waals surface area contributed by atoms with Crippen molar-refractivity contribution >= 4 is 17.6 Å². The molecule has 0 heterocycles. The molecule has 112 valence electrons. The number of nitrogens with zero attached hydrogens (tertiary/aromatic N) is 2. The Bertz CT molecular complexity index is 537. The lowest BCUT2D eigenvalue weighted by atomic mass is 10.2. The van der Waals surface area contributed by atoms with Crippen molar-refractivity contribution in [2.45, 2.75) is 13.3 Å². The standard InChI is InChI=1S/C15H19N3O3/c1-3-8-18(11-15(20)21-2)10-14(19)17-13-7-5-4-6-12(13)9-16/h4-7H,3,8,10-11H2,1-2H3,(H,17,19). The van der Waals surface area contributed by atoms with Gasteiger partial charge in [0.15, 0.2) is 0 Å². The summed E-state index contributed by atoms with van der Waals surface area (Å²) in [6.45, 7) is 2.72. The molecule has 0 aliphatic carbocycles. The lowest BCUT2D eigenvalue weighted by molar-refractivity contribution is -0.142. The summed E-state index contributed by atoms with van der Waals surface area (Å²) in [4.78, 5) is 25.0. The maximum Gasteiger partial charge on any atom is 0.319 e. The van der Waals surface area contributed by atoms with Gasteiger partial charge in [-0.1, -0.05) is 19.1 Å². The molecule has 0 saturated carbocycles. The number of anilines is 1. The van der Waals surface area contributed by atoms with E-state index in [0.29, 0.717) is 17.8 Å². The van der Waals surface area contributed by atoms with Crippen LogP contribution in [-0.4, -0.2) is 43.5 Å². The lowest BCUT2D eigenvalue weighted by Crippen LogP contribution is -2.37. The first-order valence-electron chi connectivity index (χ1n) is 6.68. The summed E-state index contributed by atoms with van der Waals surface area (Å²) in [6, 6.07) is 8.79. The van der Waals surface area contributed by atoms with Crippen LogP contribution in [-0.2, 0) is 14.3 Å². The molecule has 0 aliphatic rings. The number of carbonyl (C=O) groups is 2. The Morgan fingerprint density at radius 3 is 2.67 bits per heavy atom. The number of nitriles is 1. The Balaban J connectivity index is 2.65. The molecule has 0 atom stereocenters. The molecule has 0 radical (unpaired) electrons. The largest absolute Gasteiger partial charge is 0.468 e. The van der Waals surface area contributed by atoms with Gasteiger partial charge in [-0.3, -0.25) is 14.5 Å². The van der Waals surface area contributed by atoms with Crippen molar-refractivity contribution in [1.29, 1.82) is 5.26 Å². The molecule has 0 unspecified atom stereocenters. The number of ether oxygens (including phenoxy) is 1. The highest BCUT2D eigenvalue weighted by Crippen LogP contribution is 2.13. The van der Waals surface area contributed by atoms with Crippen LogP contribution in [0.15, 0.2) is 24.3 Å². The van der Waals surface area contributed by atoms with Crippen molar-refractivity contribution in [3.63, 3.8) is 0 Å². The number of nitrogens with one attached hydrogen (secondary N) is 1. The fraction of sp³-hybridized carbons (Fsp3) is 0.400. The highest BCUT2D eigenvalue weighted by molar-refractivity contribution is 5.93. The molecule has 0 bridgehead atoms. The Morgan fingerprint density at radius 2 is 2.05 bits per heavy atom. The van der Waals surface area contributed by atoms with Gasteiger partial charge in [-0.15, -0.1) is 0 Å². The zero-order valence-corrected chi connectivity index (χ0v) is 12.3. The zero-order chi connectivity index (χ0) is 15.7. The van der Waals surface area contributed by atoms with Gasteiger partial charge in [0.25, 0.3) is 0 Å². The molecule has 1 amide bonds. The van der Waals surface area contributed by atoms with Crippen LogP contribution in [0.1, 0.15) is 18.9 Å². The second kappa shape index (κ2) is 8.72. The van der Waals surface area contributed by atoms with E-state index in [0.717, 1.165) is 6.42 Å². The van der Waals surface area contributed by atoms with E-state index in [1.54, 1.807) is 29.2 Å². The van der Waals surface area contributed by atoms with Crippen LogP contribution in [0, 0.1) is 11.3 Å². The molecule has 1 aromatic rings. The third kappa shape index (κ3) is 5.63. The maximum absolute atomic E-state index is 12.0. The van der Waals surface area contributed by atoms with E-state index in [1.165, 1.54) is 7.11 Å². The summed E-state index contributed by atoms with van der Waals surface area (Å²) >= 11 is 0. The third-order valence-corrected chi connectivity index (χ3v) is 2.81. The third-order valence-electron chi connectivity index (χ3n) is 2.81. The fourth-order valence-corrected chi connectivity index (χ4v) is 1.86. The maximum atomic E-state index is 12.0. The molecule has 0 aromatic heterocycles. The predicted octanol–water partition coefficient (Wildman–Crippen LogP) is 1.38. The Hall–Kier alpha value is -2.39. The van der Waals surface area contributed by atoms with Crippen LogP contribution in [0.4, 0.5) is 5.69 Å². The average molecular weight is 289 g/mol. The number of methoxy groups -OCH3 is 1. The first-order chi connectivity index (χ1) is 10.1. The van der Waals surface area contributed by atoms with E-state index in [1.807, 2.05) is 13.0 Å². The summed E-state index contributed by atoms with van der Waals surface area (Å²) in [7, 11) is 1.32. The fourth-order valence-electron chi connectivity index (χ4n) is 1.86. The second-order valence-corrected chi connectivity index (χ2v) is 4.49. The number of hydrogen-bond donors (Lipinski definition) is 1. The summed E-state index contributed by atoms with van der Waals surface area (Å²) in [5, 5.41) is 11.7. The highest BCUT2D eigenvalue weighted by atomic mass is 16.5. The lowest BCUT2D eigenvalue weighted by Gasteiger charge is -2.19. The Labute approximate surface area is 124 Å². The average Bonchev–Trinajstić information content (AvgIpc) is 2.47. The van der Waals surface area contributed by atoms with Gasteiger partial charge < -0.3 is 10.1 Å². The van der Waals surface area contributed by atoms with Gasteiger partial charge in [-0.2, -0.15) is 5.26 Å². The van der Waals surface area contributed by atoms with Crippen molar-refractivity contribution in [3.05, 3.63) is 29.8 Å². The minimum atomic E-state index is -0.381. The van der Waals surface area contributed by atoms with Crippen molar-refractivity contribution < 1.29 is 14.3 Å². The Morgan fingerprint density at radius 1 is 1.33 bits per heavy atom. The smallest absolute Gasteiger partial charge is 0.319 e. The molecule has 6 nitrogen and oxygen atoms in total. The van der Waals surface area contributed by atoms with E-state index in [4.69, 9.17) is 5.26 Å². The van der Waals surface area contributed by atoms with E-state index < -0.39 is 0 Å². The SMILES string of the molecule is CCCN(CC(=O)Nc1ccccc1C#N)CC(=O)OC. The van der Waals surface area contributed by atoms with Crippen molar-refractivity contribution in [3.8, 4) is 6.07 Å². The second-order valence-electron chi connectivity index (χ2n) is 4.49. The summed E-state index contributed by atoms with van der Waals surface area (Å²) in [5.41, 5.74) is 0.875. The van der Waals surface area contributed by atoms with Crippen LogP contribution in [0.2, 0.25) is 0 Å². The molecule has 6 heteroatoms. The van der Waals surface area contributed by atoms with Gasteiger partial charge in [-0.05, 0) is 25.1 Å². The van der Waals surface area contributed by atoms with Gasteiger partial charge in [0.2, 0.25) is 5.91 Å². The van der Waals surface area contributed by atoms with Crippen molar-refractivity contribution in [2.24, 2.45) is 0 Å². The molecular formula is C15H19N3O3. The number of benzene rings is 1. The first-order valence-corrected chi connectivity index (χ1v) is 6.68. The number of para-hydroxylation sites is 1. The molecule has 0 spiro atoms. The normalized spacial score (nSPS) is 10.0. The molecule has 0 saturated heterocycles. The van der Waals surface area contributed by atoms with Crippen LogP contribution in [0.25, 0.3) is 0 Å². The van der Waals surface area contributed by atoms with Gasteiger partial charge in [0.05, 0.1) is 31.5 Å². The van der Waals surface area contributed by atoms with Crippen LogP contribution in [0.5, 0.6) is 0 Å². The van der Waals surface area contributed by atoms with E-state index in [9.17, 15) is 9.59 Å². The topological polar surface area (TPSA) is 82.4 Å². The van der Waals surface area contributed by atoms with E-state index >= 15 is 0 Å². The number of rotatable bonds is 7. The van der Waals surface area contributed by atoms with E-state index in [2.05, 4.69) is 10.1 Å². The van der Waals surface area contributed by atoms with Gasteiger partial charge in [0, 0.05) is 0 Å². The van der Waals surface area contributed by atoms with Gasteiger partial charge in [-0.25, -0.2) is 0 Å². The molecular weight excluding hydrogens is 270 g/mol. The summed E-state index contributed by atoms with van der Waals surface area (Å²) in [5.74, 6) is -0.649. The first kappa shape index (κ1) is 16.7. The minimum absolute atomic E-state index is 0.0671. The molecule has 1 aromatic carbocycles. The highest BCUT2D eigenvalue weighted by Gasteiger charge is 2.15. The van der Waals surface area contributed by atoms with Crippen LogP contribution >= 0.6 is 0 Å². The number of hydrogen-bond acceptors (Lipinski definition) is 5. The minimum Gasteiger partial charge on any atom is -0.468 e. The quantitative estimate of drug-likeness (QED) is 0.767. The van der Waals surface area contributed by atoms with E-state index in [-0.39, 0.29) is 25.0 Å². The van der Waals surface area contributed by atoms with Gasteiger partial charge >= 0.3 is 5.97 Å². The van der Waals surface area contributed by atoms with Crippen molar-refractivity contribution in [2.75, 3.05) is 32.1 Å². The van der Waals surface area contributed by atoms with Gasteiger partial charge in [0.1, 0.15) is 6.07 Å².